The third-order valence-corrected chi connectivity index (χ3v) is 6.08. The van der Waals surface area contributed by atoms with E-state index < -0.39 is 17.7 Å². The first-order valence-electron chi connectivity index (χ1n) is 10.3. The van der Waals surface area contributed by atoms with E-state index in [1.807, 2.05) is 12.1 Å². The van der Waals surface area contributed by atoms with E-state index in [-0.39, 0.29) is 17.9 Å². The predicted molar refractivity (Wildman–Crippen MR) is 117 cm³/mol. The van der Waals surface area contributed by atoms with Gasteiger partial charge in [-0.15, -0.1) is 0 Å². The summed E-state index contributed by atoms with van der Waals surface area (Å²) >= 11 is 0. The number of nitrogens with zero attached hydrogens (tertiary/aromatic N) is 3. The minimum Gasteiger partial charge on any atom is -0.391 e. The second kappa shape index (κ2) is 9.52. The molecule has 1 saturated heterocycles. The van der Waals surface area contributed by atoms with Crippen molar-refractivity contribution in [1.82, 2.24) is 4.90 Å². The van der Waals surface area contributed by atoms with Crippen molar-refractivity contribution in [1.29, 1.82) is 10.8 Å². The first-order chi connectivity index (χ1) is 14.1. The molecule has 1 aliphatic rings. The molecule has 0 bridgehead atoms. The number of likely N-dealkylation sites (tertiary alicyclic amines) is 1. The molecule has 7 heteroatoms. The van der Waals surface area contributed by atoms with E-state index >= 15 is 0 Å². The fourth-order valence-electron chi connectivity index (χ4n) is 4.70. The topological polar surface area (TPSA) is 140 Å². The molecule has 3 atom stereocenters. The normalized spacial score (nSPS) is 21.6. The Morgan fingerprint density at radius 3 is 2.43 bits per heavy atom. The summed E-state index contributed by atoms with van der Waals surface area (Å²) in [5, 5.41) is 25.2. The summed E-state index contributed by atoms with van der Waals surface area (Å²) in [6.45, 7) is 7.05. The van der Waals surface area contributed by atoms with Gasteiger partial charge in [0.05, 0.1) is 6.10 Å². The van der Waals surface area contributed by atoms with Crippen molar-refractivity contribution in [3.8, 4) is 0 Å². The van der Waals surface area contributed by atoms with Crippen molar-refractivity contribution in [2.24, 2.45) is 11.5 Å². The molecule has 1 aliphatic heterocycles. The monoisotopic (exact) mass is 411 g/mol. The molecule has 0 aliphatic carbocycles. The highest BCUT2D eigenvalue weighted by Crippen LogP contribution is 2.39. The molecule has 162 valence electrons. The molecule has 0 unspecified atom stereocenters. The van der Waals surface area contributed by atoms with Crippen LogP contribution in [-0.2, 0) is 11.2 Å². The van der Waals surface area contributed by atoms with Gasteiger partial charge in [-0.2, -0.15) is 0 Å². The van der Waals surface area contributed by atoms with Gasteiger partial charge < -0.3 is 16.6 Å². The van der Waals surface area contributed by atoms with E-state index in [2.05, 4.69) is 56.0 Å². The maximum absolute atomic E-state index is 12.5. The number of amides is 1. The lowest BCUT2D eigenvalue weighted by Crippen LogP contribution is -2.62. The SMILES string of the molecule is CC(C)(C)N1CCC[C@@]1(C[C@@H](O)[C@@H](N)Cc1ccc2ccccc2c1)C(N)=O.N#N. The average molecular weight is 412 g/mol. The minimum atomic E-state index is -0.835. The second-order valence-corrected chi connectivity index (χ2v) is 9.14. The van der Waals surface area contributed by atoms with Gasteiger partial charge in [-0.3, -0.25) is 9.69 Å². The van der Waals surface area contributed by atoms with Crippen LogP contribution in [0.3, 0.4) is 0 Å². The van der Waals surface area contributed by atoms with Gasteiger partial charge in [0, 0.05) is 28.8 Å². The van der Waals surface area contributed by atoms with Gasteiger partial charge in [-0.1, -0.05) is 42.5 Å². The van der Waals surface area contributed by atoms with Crippen LogP contribution in [0.5, 0.6) is 0 Å². The van der Waals surface area contributed by atoms with Gasteiger partial charge in [0.1, 0.15) is 5.54 Å². The van der Waals surface area contributed by atoms with E-state index in [0.717, 1.165) is 23.9 Å². The van der Waals surface area contributed by atoms with Gasteiger partial charge in [-0.25, -0.2) is 0 Å². The van der Waals surface area contributed by atoms with Crippen molar-refractivity contribution in [3.05, 3.63) is 48.0 Å². The first-order valence-corrected chi connectivity index (χ1v) is 10.3. The molecule has 0 saturated carbocycles. The van der Waals surface area contributed by atoms with Crippen LogP contribution in [0.1, 0.15) is 45.6 Å². The summed E-state index contributed by atoms with van der Waals surface area (Å²) in [6, 6.07) is 14.0. The lowest BCUT2D eigenvalue weighted by atomic mass is 9.83. The zero-order valence-corrected chi connectivity index (χ0v) is 18.1. The standard InChI is InChI=1S/C23H33N3O2.N2/c1-22(2,3)26-12-6-11-23(26,21(25)28)15-20(27)19(24)14-16-9-10-17-7-4-5-8-18(17)13-16;1-2/h4-5,7-10,13,19-20,27H,6,11-12,14-15,24H2,1-3H3,(H2,25,28);/t19-,20+,23+;/m0./s1. The van der Waals surface area contributed by atoms with Gasteiger partial charge in [0.15, 0.2) is 0 Å². The van der Waals surface area contributed by atoms with E-state index in [0.29, 0.717) is 12.8 Å². The van der Waals surface area contributed by atoms with Crippen molar-refractivity contribution < 1.29 is 9.90 Å². The maximum Gasteiger partial charge on any atom is 0.238 e. The average Bonchev–Trinajstić information content (AvgIpc) is 3.15. The van der Waals surface area contributed by atoms with Crippen molar-refractivity contribution in [2.45, 2.75) is 69.7 Å². The quantitative estimate of drug-likeness (QED) is 0.624. The molecule has 3 rings (SSSR count). The van der Waals surface area contributed by atoms with Crippen LogP contribution in [0.15, 0.2) is 42.5 Å². The predicted octanol–water partition coefficient (Wildman–Crippen LogP) is 2.61. The number of benzene rings is 2. The minimum absolute atomic E-state index is 0.201. The molecule has 30 heavy (non-hydrogen) atoms. The number of carbonyl (C=O) groups is 1. The number of aliphatic hydroxyl groups is 1. The van der Waals surface area contributed by atoms with E-state index in [1.165, 1.54) is 5.39 Å². The molecule has 5 N–H and O–H groups in total. The van der Waals surface area contributed by atoms with Crippen molar-refractivity contribution in [2.75, 3.05) is 6.54 Å². The molecule has 1 fully saturated rings. The summed E-state index contributed by atoms with van der Waals surface area (Å²) in [5.74, 6) is -0.364. The Balaban J connectivity index is 0.00000155. The fraction of sp³-hybridized carbons (Fsp3) is 0.522. The molecular formula is C23H33N5O2. The molecule has 2 aromatic carbocycles. The molecule has 1 amide bonds. The number of rotatable bonds is 6. The van der Waals surface area contributed by atoms with E-state index in [1.54, 1.807) is 0 Å². The molecule has 1 heterocycles. The smallest absolute Gasteiger partial charge is 0.238 e. The Bertz CT molecular complexity index is 892. The number of hydrogen-bond acceptors (Lipinski definition) is 6. The van der Waals surface area contributed by atoms with Gasteiger partial charge in [-0.05, 0) is 62.9 Å². The van der Waals surface area contributed by atoms with Crippen LogP contribution in [-0.4, -0.2) is 45.7 Å². The number of carbonyl (C=O) groups excluding carboxylic acids is 1. The summed E-state index contributed by atoms with van der Waals surface area (Å²) in [6.07, 6.45) is 1.58. The highest BCUT2D eigenvalue weighted by atomic mass is 16.3. The van der Waals surface area contributed by atoms with Crippen molar-refractivity contribution in [3.63, 3.8) is 0 Å². The number of fused-ring (bicyclic) bond motifs is 1. The molecule has 0 spiro atoms. The third-order valence-electron chi connectivity index (χ3n) is 6.08. The van der Waals surface area contributed by atoms with Crippen molar-refractivity contribution >= 4 is 16.7 Å². The molecular weight excluding hydrogens is 378 g/mol. The zero-order valence-electron chi connectivity index (χ0n) is 18.1. The summed E-state index contributed by atoms with van der Waals surface area (Å²) in [7, 11) is 0. The van der Waals surface area contributed by atoms with Crippen LogP contribution >= 0.6 is 0 Å². The fourth-order valence-corrected chi connectivity index (χ4v) is 4.70. The Labute approximate surface area is 178 Å². The second-order valence-electron chi connectivity index (χ2n) is 9.14. The van der Waals surface area contributed by atoms with Gasteiger partial charge in [0.2, 0.25) is 5.91 Å². The van der Waals surface area contributed by atoms with Gasteiger partial charge >= 0.3 is 0 Å². The van der Waals surface area contributed by atoms with Crippen LogP contribution in [0.2, 0.25) is 0 Å². The van der Waals surface area contributed by atoms with Crippen LogP contribution in [0, 0.1) is 10.8 Å². The Morgan fingerprint density at radius 1 is 1.20 bits per heavy atom. The van der Waals surface area contributed by atoms with E-state index in [4.69, 9.17) is 22.3 Å². The zero-order chi connectivity index (χ0) is 22.5. The lowest BCUT2D eigenvalue weighted by molar-refractivity contribution is -0.134. The number of nitrogens with two attached hydrogens (primary N) is 2. The first kappa shape index (κ1) is 23.7. The third kappa shape index (κ3) is 4.96. The Hall–Kier alpha value is -2.53. The molecule has 7 nitrogen and oxygen atoms in total. The highest BCUT2D eigenvalue weighted by Gasteiger charge is 2.51. The lowest BCUT2D eigenvalue weighted by Gasteiger charge is -2.45. The van der Waals surface area contributed by atoms with Crippen LogP contribution in [0.4, 0.5) is 0 Å². The summed E-state index contributed by atoms with van der Waals surface area (Å²) in [4.78, 5) is 14.6. The summed E-state index contributed by atoms with van der Waals surface area (Å²) in [5.41, 5.74) is 12.3. The number of aliphatic hydroxyl groups excluding tert-OH is 1. The Kier molecular flexibility index (Phi) is 7.54. The maximum atomic E-state index is 12.5. The molecule has 0 radical (unpaired) electrons. The molecule has 2 aromatic rings. The number of primary amides is 1. The van der Waals surface area contributed by atoms with Crippen LogP contribution in [0.25, 0.3) is 10.8 Å². The van der Waals surface area contributed by atoms with E-state index in [9.17, 15) is 9.90 Å². The summed E-state index contributed by atoms with van der Waals surface area (Å²) < 4.78 is 0. The van der Waals surface area contributed by atoms with Gasteiger partial charge in [0.25, 0.3) is 0 Å². The largest absolute Gasteiger partial charge is 0.391 e. The van der Waals surface area contributed by atoms with Crippen LogP contribution < -0.4 is 11.5 Å². The number of hydrogen-bond donors (Lipinski definition) is 3. The Morgan fingerprint density at radius 2 is 1.83 bits per heavy atom. The molecule has 0 aromatic heterocycles. The highest BCUT2D eigenvalue weighted by molar-refractivity contribution is 5.85.